The molecule has 0 bridgehead atoms. The molecule has 1 heterocycles. The van der Waals surface area contributed by atoms with Gasteiger partial charge >= 0.3 is 0 Å². The minimum Gasteiger partial charge on any atom is -0.390 e. The summed E-state index contributed by atoms with van der Waals surface area (Å²) in [6, 6.07) is -0.0203. The number of β-amino-alcohol motifs (C(OH)–C–C–N with tert-alkyl or cyclic N) is 1. The Bertz CT molecular complexity index is 216. The smallest absolute Gasteiger partial charge is 0.225 e. The van der Waals surface area contributed by atoms with Crippen LogP contribution >= 0.6 is 0 Å². The first-order valence-corrected chi connectivity index (χ1v) is 4.85. The standard InChI is InChI=1S/C9H16N2O2/c1-11(9(13)6-2-3-6)7-4-10-5-8(7)12/h6-8,10,12H,2-5H2,1H3/t7-,8-/m0/s1. The molecule has 0 radical (unpaired) electrons. The first-order chi connectivity index (χ1) is 6.20. The Labute approximate surface area is 77.9 Å². The van der Waals surface area contributed by atoms with E-state index in [0.717, 1.165) is 19.4 Å². The van der Waals surface area contributed by atoms with Crippen LogP contribution in [0, 0.1) is 5.92 Å². The zero-order valence-electron chi connectivity index (χ0n) is 7.86. The molecule has 0 aromatic rings. The molecule has 4 nitrogen and oxygen atoms in total. The number of nitrogens with zero attached hydrogens (tertiary/aromatic N) is 1. The van der Waals surface area contributed by atoms with Crippen molar-refractivity contribution in [2.45, 2.75) is 25.0 Å². The van der Waals surface area contributed by atoms with E-state index in [1.54, 1.807) is 11.9 Å². The van der Waals surface area contributed by atoms with Crippen molar-refractivity contribution in [2.24, 2.45) is 5.92 Å². The normalized spacial score (nSPS) is 33.4. The second-order valence-corrected chi connectivity index (χ2v) is 4.02. The third-order valence-corrected chi connectivity index (χ3v) is 2.92. The van der Waals surface area contributed by atoms with Crippen LogP contribution in [0.25, 0.3) is 0 Å². The molecule has 2 fully saturated rings. The van der Waals surface area contributed by atoms with Crippen LogP contribution in [0.5, 0.6) is 0 Å². The van der Waals surface area contributed by atoms with Crippen LogP contribution in [0.4, 0.5) is 0 Å². The Morgan fingerprint density at radius 1 is 1.46 bits per heavy atom. The van der Waals surface area contributed by atoms with Crippen LogP contribution in [-0.4, -0.2) is 48.2 Å². The Hall–Kier alpha value is -0.610. The fourth-order valence-corrected chi connectivity index (χ4v) is 1.83. The maximum Gasteiger partial charge on any atom is 0.225 e. The lowest BCUT2D eigenvalue weighted by Crippen LogP contribution is -2.44. The van der Waals surface area contributed by atoms with Gasteiger partial charge in [-0.05, 0) is 12.8 Å². The van der Waals surface area contributed by atoms with Gasteiger partial charge in [-0.3, -0.25) is 4.79 Å². The highest BCUT2D eigenvalue weighted by Crippen LogP contribution is 2.31. The van der Waals surface area contributed by atoms with Crippen LogP contribution in [0.2, 0.25) is 0 Å². The maximum absolute atomic E-state index is 11.6. The largest absolute Gasteiger partial charge is 0.390 e. The summed E-state index contributed by atoms with van der Waals surface area (Å²) >= 11 is 0. The predicted octanol–water partition coefficient (Wildman–Crippen LogP) is -0.812. The molecule has 1 saturated carbocycles. The number of likely N-dealkylation sites (N-methyl/N-ethyl adjacent to an activating group) is 1. The van der Waals surface area contributed by atoms with Gasteiger partial charge in [0.2, 0.25) is 5.91 Å². The highest BCUT2D eigenvalue weighted by Gasteiger charge is 2.38. The molecule has 0 aromatic heterocycles. The summed E-state index contributed by atoms with van der Waals surface area (Å²) in [5.74, 6) is 0.450. The molecule has 0 aromatic carbocycles. The summed E-state index contributed by atoms with van der Waals surface area (Å²) in [4.78, 5) is 13.3. The van der Waals surface area contributed by atoms with Crippen LogP contribution in [-0.2, 0) is 4.79 Å². The summed E-state index contributed by atoms with van der Waals surface area (Å²) in [6.07, 6.45) is 1.66. The molecule has 1 amide bonds. The van der Waals surface area contributed by atoms with E-state index in [-0.39, 0.29) is 17.9 Å². The van der Waals surface area contributed by atoms with Crippen LogP contribution in [0.1, 0.15) is 12.8 Å². The number of carbonyl (C=O) groups excluding carboxylic acids is 1. The van der Waals surface area contributed by atoms with Gasteiger partial charge in [0.1, 0.15) is 0 Å². The number of rotatable bonds is 2. The van der Waals surface area contributed by atoms with Crippen molar-refractivity contribution in [3.63, 3.8) is 0 Å². The lowest BCUT2D eigenvalue weighted by atomic mass is 10.2. The van der Waals surface area contributed by atoms with Gasteiger partial charge in [0.05, 0.1) is 12.1 Å². The highest BCUT2D eigenvalue weighted by molar-refractivity contribution is 5.81. The molecule has 13 heavy (non-hydrogen) atoms. The Balaban J connectivity index is 1.94. The number of nitrogens with one attached hydrogen (secondary N) is 1. The fourth-order valence-electron chi connectivity index (χ4n) is 1.83. The van der Waals surface area contributed by atoms with Gasteiger partial charge in [-0.1, -0.05) is 0 Å². The number of amides is 1. The third kappa shape index (κ3) is 1.69. The molecule has 1 saturated heterocycles. The van der Waals surface area contributed by atoms with Crippen molar-refractivity contribution in [2.75, 3.05) is 20.1 Å². The SMILES string of the molecule is CN(C(=O)C1CC1)[C@H]1CNC[C@@H]1O. The minimum atomic E-state index is -0.396. The van der Waals surface area contributed by atoms with Gasteiger partial charge in [0.25, 0.3) is 0 Å². The van der Waals surface area contributed by atoms with Crippen LogP contribution in [0.15, 0.2) is 0 Å². The molecule has 0 unspecified atom stereocenters. The molecular formula is C9H16N2O2. The first-order valence-electron chi connectivity index (χ1n) is 4.85. The van der Waals surface area contributed by atoms with E-state index in [1.165, 1.54) is 0 Å². The lowest BCUT2D eigenvalue weighted by molar-refractivity contribution is -0.134. The van der Waals surface area contributed by atoms with E-state index in [1.807, 2.05) is 0 Å². The minimum absolute atomic E-state index is 0.0203. The molecule has 1 aliphatic heterocycles. The molecule has 2 atom stereocenters. The van der Waals surface area contributed by atoms with Crippen molar-refractivity contribution in [1.82, 2.24) is 10.2 Å². The lowest BCUT2D eigenvalue weighted by Gasteiger charge is -2.26. The van der Waals surface area contributed by atoms with Gasteiger partial charge < -0.3 is 15.3 Å². The molecule has 0 spiro atoms. The van der Waals surface area contributed by atoms with Gasteiger partial charge in [0, 0.05) is 26.1 Å². The van der Waals surface area contributed by atoms with Crippen molar-refractivity contribution in [3.05, 3.63) is 0 Å². The number of hydrogen-bond donors (Lipinski definition) is 2. The number of aliphatic hydroxyl groups is 1. The zero-order valence-corrected chi connectivity index (χ0v) is 7.86. The van der Waals surface area contributed by atoms with Crippen LogP contribution < -0.4 is 5.32 Å². The quantitative estimate of drug-likeness (QED) is 0.590. The van der Waals surface area contributed by atoms with E-state index >= 15 is 0 Å². The summed E-state index contributed by atoms with van der Waals surface area (Å²) < 4.78 is 0. The second kappa shape index (κ2) is 3.27. The van der Waals surface area contributed by atoms with E-state index < -0.39 is 6.10 Å². The number of hydrogen-bond acceptors (Lipinski definition) is 3. The predicted molar refractivity (Wildman–Crippen MR) is 48.2 cm³/mol. The second-order valence-electron chi connectivity index (χ2n) is 4.02. The maximum atomic E-state index is 11.6. The Morgan fingerprint density at radius 2 is 2.15 bits per heavy atom. The van der Waals surface area contributed by atoms with E-state index in [2.05, 4.69) is 5.32 Å². The third-order valence-electron chi connectivity index (χ3n) is 2.92. The summed E-state index contributed by atoms with van der Waals surface area (Å²) in [5.41, 5.74) is 0. The van der Waals surface area contributed by atoms with E-state index in [0.29, 0.717) is 6.54 Å². The number of carbonyl (C=O) groups is 1. The molecule has 4 heteroatoms. The summed E-state index contributed by atoms with van der Waals surface area (Å²) in [6.45, 7) is 1.32. The van der Waals surface area contributed by atoms with Crippen molar-refractivity contribution < 1.29 is 9.90 Å². The molecular weight excluding hydrogens is 168 g/mol. The molecule has 2 aliphatic rings. The topological polar surface area (TPSA) is 52.6 Å². The van der Waals surface area contributed by atoms with Crippen molar-refractivity contribution in [1.29, 1.82) is 0 Å². The van der Waals surface area contributed by atoms with Gasteiger partial charge in [0.15, 0.2) is 0 Å². The van der Waals surface area contributed by atoms with Gasteiger partial charge in [-0.25, -0.2) is 0 Å². The Kier molecular flexibility index (Phi) is 2.26. The molecule has 1 aliphatic carbocycles. The molecule has 2 rings (SSSR count). The van der Waals surface area contributed by atoms with Crippen LogP contribution in [0.3, 0.4) is 0 Å². The fraction of sp³-hybridized carbons (Fsp3) is 0.889. The van der Waals surface area contributed by atoms with Gasteiger partial charge in [-0.2, -0.15) is 0 Å². The monoisotopic (exact) mass is 184 g/mol. The van der Waals surface area contributed by atoms with Crippen molar-refractivity contribution in [3.8, 4) is 0 Å². The number of aliphatic hydroxyl groups excluding tert-OH is 1. The van der Waals surface area contributed by atoms with E-state index in [9.17, 15) is 9.90 Å². The zero-order chi connectivity index (χ0) is 9.42. The molecule has 2 N–H and O–H groups in total. The average Bonchev–Trinajstić information content (AvgIpc) is 2.87. The highest BCUT2D eigenvalue weighted by atomic mass is 16.3. The Morgan fingerprint density at radius 3 is 2.62 bits per heavy atom. The summed E-state index contributed by atoms with van der Waals surface area (Å²) in [5, 5.41) is 12.6. The molecule has 74 valence electrons. The van der Waals surface area contributed by atoms with Crippen molar-refractivity contribution >= 4 is 5.91 Å². The summed E-state index contributed by atoms with van der Waals surface area (Å²) in [7, 11) is 1.79. The average molecular weight is 184 g/mol. The van der Waals surface area contributed by atoms with E-state index in [4.69, 9.17) is 0 Å². The first kappa shape index (κ1) is 8.97. The van der Waals surface area contributed by atoms with Gasteiger partial charge in [-0.15, -0.1) is 0 Å².